The van der Waals surface area contributed by atoms with Gasteiger partial charge in [0.1, 0.15) is 0 Å². The van der Waals surface area contributed by atoms with Gasteiger partial charge in [-0.15, -0.1) is 11.6 Å². The van der Waals surface area contributed by atoms with E-state index in [1.807, 2.05) is 6.08 Å². The van der Waals surface area contributed by atoms with E-state index >= 15 is 0 Å². The van der Waals surface area contributed by atoms with E-state index in [2.05, 4.69) is 10.2 Å². The quantitative estimate of drug-likeness (QED) is 0.728. The topological polar surface area (TPSA) is 66.0 Å². The molecule has 0 atom stereocenters. The van der Waals surface area contributed by atoms with Crippen LogP contribution >= 0.6 is 11.6 Å². The number of alkyl halides is 1. The van der Waals surface area contributed by atoms with E-state index in [0.717, 1.165) is 0 Å². The molecule has 0 aliphatic rings. The normalized spacial score (nSPS) is 10.8. The summed E-state index contributed by atoms with van der Waals surface area (Å²) in [5, 5.41) is 14.7. The lowest BCUT2D eigenvalue weighted by Crippen LogP contribution is -1.98. The number of carboxylic acid groups (broad SMARTS) is 1. The average Bonchev–Trinajstić information content (AvgIpc) is 2.53. The van der Waals surface area contributed by atoms with Gasteiger partial charge in [-0.3, -0.25) is 5.10 Å². The van der Waals surface area contributed by atoms with Crippen LogP contribution in [0.1, 0.15) is 22.5 Å². The number of H-pyrrole nitrogens is 1. The van der Waals surface area contributed by atoms with Crippen LogP contribution in [0.4, 0.5) is 0 Å². The Balaban J connectivity index is 2.76. The Morgan fingerprint density at radius 2 is 2.54 bits per heavy atom. The van der Waals surface area contributed by atoms with Gasteiger partial charge in [-0.1, -0.05) is 12.2 Å². The fourth-order valence-corrected chi connectivity index (χ4v) is 0.992. The van der Waals surface area contributed by atoms with E-state index in [1.165, 1.54) is 6.20 Å². The van der Waals surface area contributed by atoms with Gasteiger partial charge in [0.2, 0.25) is 0 Å². The van der Waals surface area contributed by atoms with Crippen LogP contribution < -0.4 is 0 Å². The Hall–Kier alpha value is -1.29. The van der Waals surface area contributed by atoms with Crippen molar-refractivity contribution in [1.29, 1.82) is 0 Å². The minimum atomic E-state index is -1.01. The highest BCUT2D eigenvalue weighted by atomic mass is 35.5. The zero-order chi connectivity index (χ0) is 9.68. The monoisotopic (exact) mass is 200 g/mol. The van der Waals surface area contributed by atoms with E-state index in [-0.39, 0.29) is 5.69 Å². The van der Waals surface area contributed by atoms with Crippen molar-refractivity contribution in [3.63, 3.8) is 0 Å². The van der Waals surface area contributed by atoms with Crippen LogP contribution in [-0.2, 0) is 0 Å². The molecule has 1 rings (SSSR count). The summed E-state index contributed by atoms with van der Waals surface area (Å²) in [6.07, 6.45) is 5.68. The lowest BCUT2D eigenvalue weighted by Gasteiger charge is -1.89. The number of nitrogens with one attached hydrogen (secondary N) is 1. The molecular formula is C8H9ClN2O2. The van der Waals surface area contributed by atoms with Gasteiger partial charge in [-0.2, -0.15) is 5.10 Å². The van der Waals surface area contributed by atoms with Gasteiger partial charge in [0, 0.05) is 11.4 Å². The molecule has 1 aromatic heterocycles. The minimum Gasteiger partial charge on any atom is -0.477 e. The number of hydrogen-bond donors (Lipinski definition) is 2. The zero-order valence-corrected chi connectivity index (χ0v) is 7.58. The summed E-state index contributed by atoms with van der Waals surface area (Å²) in [5.74, 6) is -0.487. The summed E-state index contributed by atoms with van der Waals surface area (Å²) < 4.78 is 0. The van der Waals surface area contributed by atoms with Crippen molar-refractivity contribution in [2.24, 2.45) is 0 Å². The maximum absolute atomic E-state index is 10.6. The van der Waals surface area contributed by atoms with E-state index in [0.29, 0.717) is 17.9 Å². The van der Waals surface area contributed by atoms with Crippen LogP contribution in [0, 0.1) is 0 Å². The number of aromatic nitrogens is 2. The van der Waals surface area contributed by atoms with Gasteiger partial charge < -0.3 is 5.11 Å². The SMILES string of the molecule is O=C(O)c1[nH]ncc1C=CCCCl. The molecule has 0 saturated carbocycles. The fraction of sp³-hybridized carbons (Fsp3) is 0.250. The molecule has 70 valence electrons. The predicted octanol–water partition coefficient (Wildman–Crippen LogP) is 1.75. The van der Waals surface area contributed by atoms with Gasteiger partial charge in [0.25, 0.3) is 0 Å². The van der Waals surface area contributed by atoms with E-state index < -0.39 is 5.97 Å². The van der Waals surface area contributed by atoms with Crippen molar-refractivity contribution < 1.29 is 9.90 Å². The summed E-state index contributed by atoms with van der Waals surface area (Å²) >= 11 is 5.45. The molecular weight excluding hydrogens is 192 g/mol. The highest BCUT2D eigenvalue weighted by molar-refractivity contribution is 6.17. The number of rotatable bonds is 4. The van der Waals surface area contributed by atoms with Gasteiger partial charge in [0.15, 0.2) is 5.69 Å². The Morgan fingerprint density at radius 3 is 3.15 bits per heavy atom. The average molecular weight is 201 g/mol. The van der Waals surface area contributed by atoms with E-state index in [9.17, 15) is 4.79 Å². The first-order valence-electron chi connectivity index (χ1n) is 3.75. The molecule has 2 N–H and O–H groups in total. The van der Waals surface area contributed by atoms with Crippen molar-refractivity contribution in [3.8, 4) is 0 Å². The van der Waals surface area contributed by atoms with Crippen molar-refractivity contribution >= 4 is 23.6 Å². The van der Waals surface area contributed by atoms with Crippen LogP contribution in [0.15, 0.2) is 12.3 Å². The largest absolute Gasteiger partial charge is 0.477 e. The van der Waals surface area contributed by atoms with Crippen LogP contribution in [-0.4, -0.2) is 27.2 Å². The number of allylic oxidation sites excluding steroid dienone is 1. The molecule has 0 bridgehead atoms. The van der Waals surface area contributed by atoms with Gasteiger partial charge in [-0.25, -0.2) is 4.79 Å². The highest BCUT2D eigenvalue weighted by Crippen LogP contribution is 2.07. The first kappa shape index (κ1) is 9.80. The molecule has 5 heteroatoms. The maximum atomic E-state index is 10.6. The maximum Gasteiger partial charge on any atom is 0.354 e. The third-order valence-corrected chi connectivity index (χ3v) is 1.67. The van der Waals surface area contributed by atoms with Crippen LogP contribution in [0.2, 0.25) is 0 Å². The molecule has 1 aromatic rings. The van der Waals surface area contributed by atoms with Crippen molar-refractivity contribution in [2.45, 2.75) is 6.42 Å². The first-order chi connectivity index (χ1) is 6.25. The van der Waals surface area contributed by atoms with Crippen molar-refractivity contribution in [2.75, 3.05) is 5.88 Å². The highest BCUT2D eigenvalue weighted by Gasteiger charge is 2.08. The lowest BCUT2D eigenvalue weighted by atomic mass is 10.2. The molecule has 1 heterocycles. The van der Waals surface area contributed by atoms with Gasteiger partial charge in [-0.05, 0) is 6.42 Å². The Labute approximate surface area is 80.2 Å². The smallest absolute Gasteiger partial charge is 0.354 e. The Morgan fingerprint density at radius 1 is 1.77 bits per heavy atom. The number of hydrogen-bond acceptors (Lipinski definition) is 2. The lowest BCUT2D eigenvalue weighted by molar-refractivity contribution is 0.0690. The summed E-state index contributed by atoms with van der Waals surface area (Å²) in [6.45, 7) is 0. The van der Waals surface area contributed by atoms with E-state index in [1.54, 1.807) is 6.08 Å². The molecule has 4 nitrogen and oxygen atoms in total. The molecule has 0 radical (unpaired) electrons. The number of aromatic amines is 1. The Bertz CT molecular complexity index is 320. The zero-order valence-electron chi connectivity index (χ0n) is 6.83. The predicted molar refractivity (Wildman–Crippen MR) is 49.9 cm³/mol. The standard InChI is InChI=1S/C8H9ClN2O2/c9-4-2-1-3-6-5-10-11-7(6)8(12)13/h1,3,5H,2,4H2,(H,10,11)(H,12,13). The fourth-order valence-electron chi connectivity index (χ4n) is 0.866. The molecule has 0 aliphatic heterocycles. The molecule has 0 saturated heterocycles. The number of carbonyl (C=O) groups is 1. The molecule has 0 fully saturated rings. The first-order valence-corrected chi connectivity index (χ1v) is 4.28. The van der Waals surface area contributed by atoms with Crippen LogP contribution in [0.5, 0.6) is 0 Å². The molecule has 0 spiro atoms. The summed E-state index contributed by atoms with van der Waals surface area (Å²) in [5.41, 5.74) is 0.670. The third kappa shape index (κ3) is 2.59. The number of nitrogens with zero attached hydrogens (tertiary/aromatic N) is 1. The molecule has 0 aliphatic carbocycles. The van der Waals surface area contributed by atoms with Crippen molar-refractivity contribution in [1.82, 2.24) is 10.2 Å². The molecule has 0 amide bonds. The summed E-state index contributed by atoms with van der Waals surface area (Å²) in [7, 11) is 0. The minimum absolute atomic E-state index is 0.103. The van der Waals surface area contributed by atoms with Crippen LogP contribution in [0.25, 0.3) is 6.08 Å². The second kappa shape index (κ2) is 4.67. The van der Waals surface area contributed by atoms with Gasteiger partial charge in [0.05, 0.1) is 6.20 Å². The molecule has 0 unspecified atom stereocenters. The second-order valence-corrected chi connectivity index (χ2v) is 2.76. The number of halogens is 1. The number of aromatic carboxylic acids is 1. The van der Waals surface area contributed by atoms with E-state index in [4.69, 9.17) is 16.7 Å². The molecule has 0 aromatic carbocycles. The van der Waals surface area contributed by atoms with Crippen molar-refractivity contribution in [3.05, 3.63) is 23.5 Å². The Kier molecular flexibility index (Phi) is 3.52. The summed E-state index contributed by atoms with van der Waals surface area (Å²) in [6, 6.07) is 0. The van der Waals surface area contributed by atoms with Crippen LogP contribution in [0.3, 0.4) is 0 Å². The second-order valence-electron chi connectivity index (χ2n) is 2.39. The molecule has 13 heavy (non-hydrogen) atoms. The number of carboxylic acids is 1. The summed E-state index contributed by atoms with van der Waals surface area (Å²) in [4.78, 5) is 10.6. The van der Waals surface area contributed by atoms with Gasteiger partial charge >= 0.3 is 5.97 Å². The third-order valence-electron chi connectivity index (χ3n) is 1.46.